The van der Waals surface area contributed by atoms with Gasteiger partial charge in [-0.25, -0.2) is 0 Å². The van der Waals surface area contributed by atoms with E-state index in [1.165, 1.54) is 0 Å². The van der Waals surface area contributed by atoms with E-state index in [1.807, 2.05) is 65.0 Å². The largest absolute Gasteiger partial charge is 0.657 e. The smallest absolute Gasteiger partial charge is 0.303 e. The van der Waals surface area contributed by atoms with Gasteiger partial charge in [-0.15, -0.1) is 44.2 Å². The van der Waals surface area contributed by atoms with Crippen molar-refractivity contribution in [3.05, 3.63) is 88.0 Å². The Kier molecular flexibility index (Phi) is 9.36. The van der Waals surface area contributed by atoms with Crippen LogP contribution in [0.2, 0.25) is 0 Å². The van der Waals surface area contributed by atoms with Gasteiger partial charge in [0.05, 0.1) is 0 Å². The van der Waals surface area contributed by atoms with E-state index >= 15 is 0 Å². The summed E-state index contributed by atoms with van der Waals surface area (Å²) in [5, 5.41) is 23.9. The van der Waals surface area contributed by atoms with Crippen molar-refractivity contribution < 1.29 is 39.3 Å². The van der Waals surface area contributed by atoms with E-state index in [4.69, 9.17) is 19.9 Å². The maximum Gasteiger partial charge on any atom is 0.303 e. The van der Waals surface area contributed by atoms with E-state index in [0.717, 1.165) is 76.9 Å². The molecular formula is C34H34N4O4Zn-4. The van der Waals surface area contributed by atoms with Gasteiger partial charge in [0.15, 0.2) is 0 Å². The van der Waals surface area contributed by atoms with Gasteiger partial charge in [0.2, 0.25) is 0 Å². The van der Waals surface area contributed by atoms with Crippen LogP contribution in [-0.2, 0) is 41.9 Å². The molecule has 1 aliphatic heterocycles. The molecule has 8 bridgehead atoms. The normalized spacial score (nSPS) is 13.1. The molecule has 0 saturated carbocycles. The van der Waals surface area contributed by atoms with Crippen LogP contribution in [-0.4, -0.2) is 22.2 Å². The van der Waals surface area contributed by atoms with Crippen LogP contribution in [0.1, 0.15) is 82.8 Å². The molecule has 2 N–H and O–H groups in total. The number of carboxylic acids is 2. The first-order valence-corrected chi connectivity index (χ1v) is 14.1. The first-order chi connectivity index (χ1) is 20.0. The van der Waals surface area contributed by atoms with Crippen molar-refractivity contribution in [3.63, 3.8) is 0 Å². The van der Waals surface area contributed by atoms with Gasteiger partial charge in [0.1, 0.15) is 0 Å². The predicted molar refractivity (Wildman–Crippen MR) is 162 cm³/mol. The van der Waals surface area contributed by atoms with E-state index in [1.54, 1.807) is 0 Å². The van der Waals surface area contributed by atoms with Gasteiger partial charge in [-0.2, -0.15) is 0 Å². The number of nitrogens with zero attached hydrogens (tertiary/aromatic N) is 4. The second kappa shape index (κ2) is 12.6. The molecule has 8 nitrogen and oxygen atoms in total. The molecule has 0 amide bonds. The molecule has 0 fully saturated rings. The molecule has 0 aromatic carbocycles. The Hall–Kier alpha value is -4.10. The Bertz CT molecular complexity index is 2120. The second-order valence-corrected chi connectivity index (χ2v) is 10.8. The summed E-state index contributed by atoms with van der Waals surface area (Å²) in [6, 6.07) is 0. The molecule has 0 aliphatic carbocycles. The van der Waals surface area contributed by atoms with Crippen molar-refractivity contribution in [1.82, 2.24) is 19.9 Å². The first kappa shape index (κ1) is 31.8. The average Bonchev–Trinajstić information content (AvgIpc) is 3.59. The Morgan fingerprint density at radius 2 is 1.02 bits per heavy atom. The third kappa shape index (κ3) is 6.05. The van der Waals surface area contributed by atoms with Crippen molar-refractivity contribution in [2.75, 3.05) is 0 Å². The molecule has 43 heavy (non-hydrogen) atoms. The molecular weight excluding hydrogens is 594 g/mol. The number of carboxylic acid groups (broad SMARTS) is 2. The number of aromatic nitrogens is 4. The van der Waals surface area contributed by atoms with Crippen molar-refractivity contribution in [2.45, 2.75) is 67.2 Å². The van der Waals surface area contributed by atoms with Crippen LogP contribution < -0.4 is 51.8 Å². The Balaban J connectivity index is 0.00000423. The van der Waals surface area contributed by atoms with Crippen molar-refractivity contribution >= 4 is 48.4 Å². The Morgan fingerprint density at radius 3 is 1.51 bits per heavy atom. The standard InChI is InChI=1S/C34H34N4O4.Zn/c1-7-21-17(3)25-13-26-19(5)23(9-11-33(39)40)31(37-26)16-32-24(10-12-34(41)42)20(6)28(38-32)15-30-22(8-2)18(4)27(36-30)14-29(21)35-25;/h7-8,13-16H,9-12H2,1-6H3,(H,39,40)(H,41,42);/q-4;/b21-7?,22-8+,26-13?,29-14?,30-15?,31-16?;. The van der Waals surface area contributed by atoms with Crippen LogP contribution in [0, 0.1) is 27.7 Å². The monoisotopic (exact) mass is 626 g/mol. The van der Waals surface area contributed by atoms with Crippen LogP contribution in [0.15, 0.2) is 0 Å². The quantitative estimate of drug-likeness (QED) is 0.252. The number of fused-ring (bicyclic) bond motifs is 8. The van der Waals surface area contributed by atoms with Gasteiger partial charge in [0.25, 0.3) is 0 Å². The summed E-state index contributed by atoms with van der Waals surface area (Å²) in [4.78, 5) is 42.9. The molecule has 1 aliphatic rings. The summed E-state index contributed by atoms with van der Waals surface area (Å²) in [7, 11) is 0. The fourth-order valence-electron chi connectivity index (χ4n) is 5.83. The number of rotatable bonds is 6. The third-order valence-electron chi connectivity index (χ3n) is 8.23. The molecule has 0 radical (unpaired) electrons. The van der Waals surface area contributed by atoms with E-state index in [-0.39, 0.29) is 32.3 Å². The zero-order valence-electron chi connectivity index (χ0n) is 25.5. The number of hydrogen-bond acceptors (Lipinski definition) is 2. The average molecular weight is 628 g/mol. The minimum Gasteiger partial charge on any atom is -0.657 e. The molecule has 4 aromatic rings. The van der Waals surface area contributed by atoms with Crippen LogP contribution in [0.4, 0.5) is 0 Å². The maximum absolute atomic E-state index is 11.5. The minimum absolute atomic E-state index is 0. The molecule has 4 aromatic heterocycles. The number of carbonyl (C=O) groups is 2. The Morgan fingerprint density at radius 1 is 0.581 bits per heavy atom. The van der Waals surface area contributed by atoms with E-state index in [0.29, 0.717) is 23.9 Å². The van der Waals surface area contributed by atoms with E-state index in [2.05, 4.69) is 13.0 Å². The molecule has 0 saturated heterocycles. The third-order valence-corrected chi connectivity index (χ3v) is 8.23. The summed E-state index contributed by atoms with van der Waals surface area (Å²) in [5.41, 5.74) is 8.51. The van der Waals surface area contributed by atoms with Crippen LogP contribution in [0.5, 0.6) is 0 Å². The summed E-state index contributed by atoms with van der Waals surface area (Å²) < 4.78 is 0. The SMILES string of the molecule is CC=c1c(C)c2[n-]c1=Cc1[n-]c(/c(=C/C)c1C)=Cc1[n-]c(c(CCC(=O)O)c1C)C=c1[n-]c(c(C)c1CCC(=O)O)=C2.[Zn]. The summed E-state index contributed by atoms with van der Waals surface area (Å²) in [5.74, 6) is -1.77. The van der Waals surface area contributed by atoms with E-state index < -0.39 is 11.9 Å². The molecule has 5 rings (SSSR count). The zero-order valence-corrected chi connectivity index (χ0v) is 28.5. The summed E-state index contributed by atoms with van der Waals surface area (Å²) in [6.07, 6.45) is 12.4. The fourth-order valence-corrected chi connectivity index (χ4v) is 5.83. The van der Waals surface area contributed by atoms with Crippen LogP contribution in [0.25, 0.3) is 36.5 Å². The molecule has 0 spiro atoms. The molecule has 0 unspecified atom stereocenters. The topological polar surface area (TPSA) is 131 Å². The van der Waals surface area contributed by atoms with Gasteiger partial charge >= 0.3 is 11.9 Å². The second-order valence-electron chi connectivity index (χ2n) is 10.8. The van der Waals surface area contributed by atoms with Gasteiger partial charge in [0, 0.05) is 32.3 Å². The molecule has 220 valence electrons. The van der Waals surface area contributed by atoms with Crippen molar-refractivity contribution in [2.24, 2.45) is 0 Å². The fraction of sp³-hybridized carbons (Fsp3) is 0.294. The van der Waals surface area contributed by atoms with Gasteiger partial charge < -0.3 is 30.1 Å². The van der Waals surface area contributed by atoms with Crippen molar-refractivity contribution in [1.29, 1.82) is 0 Å². The van der Waals surface area contributed by atoms with E-state index in [9.17, 15) is 19.8 Å². The van der Waals surface area contributed by atoms with Gasteiger partial charge in [-0.1, -0.05) is 69.8 Å². The predicted octanol–water partition coefficient (Wildman–Crippen LogP) is 0.0104. The Labute approximate surface area is 262 Å². The van der Waals surface area contributed by atoms with Crippen LogP contribution >= 0.6 is 0 Å². The zero-order chi connectivity index (χ0) is 30.3. The van der Waals surface area contributed by atoms with Gasteiger partial charge in [-0.3, -0.25) is 9.59 Å². The number of hydrogen-bond donors (Lipinski definition) is 2. The molecule has 5 heterocycles. The molecule has 9 heteroatoms. The minimum atomic E-state index is -0.886. The number of aliphatic carboxylic acids is 2. The van der Waals surface area contributed by atoms with Gasteiger partial charge in [-0.05, 0) is 64.8 Å². The molecule has 0 atom stereocenters. The summed E-state index contributed by atoms with van der Waals surface area (Å²) in [6.45, 7) is 12.0. The van der Waals surface area contributed by atoms with Crippen molar-refractivity contribution in [3.8, 4) is 0 Å². The first-order valence-electron chi connectivity index (χ1n) is 14.1. The maximum atomic E-state index is 11.5. The summed E-state index contributed by atoms with van der Waals surface area (Å²) >= 11 is 0. The van der Waals surface area contributed by atoms with Crippen LogP contribution in [0.3, 0.4) is 0 Å².